The monoisotopic (exact) mass is 355 g/mol. The van der Waals surface area contributed by atoms with Crippen molar-refractivity contribution < 1.29 is 0 Å². The highest BCUT2D eigenvalue weighted by molar-refractivity contribution is 9.10. The van der Waals surface area contributed by atoms with Gasteiger partial charge in [0.2, 0.25) is 0 Å². The molecule has 0 heterocycles. The van der Waals surface area contributed by atoms with E-state index >= 15 is 0 Å². The summed E-state index contributed by atoms with van der Waals surface area (Å²) in [5, 5.41) is 0.792. The van der Waals surface area contributed by atoms with Crippen LogP contribution in [0.15, 0.2) is 57.9 Å². The lowest BCUT2D eigenvalue weighted by Gasteiger charge is -2.13. The van der Waals surface area contributed by atoms with Crippen LogP contribution in [0.5, 0.6) is 0 Å². The predicted octanol–water partition coefficient (Wildman–Crippen LogP) is 4.76. The Kier molecular flexibility index (Phi) is 5.76. The minimum atomic E-state index is 0.111. The van der Waals surface area contributed by atoms with E-state index in [1.54, 1.807) is 11.8 Å². The first-order valence-corrected chi connectivity index (χ1v) is 8.19. The van der Waals surface area contributed by atoms with E-state index < -0.39 is 0 Å². The molecular formula is C15H15BrClNS. The molecule has 0 aliphatic heterocycles. The van der Waals surface area contributed by atoms with E-state index in [9.17, 15) is 0 Å². The van der Waals surface area contributed by atoms with Gasteiger partial charge in [-0.1, -0.05) is 57.9 Å². The first kappa shape index (κ1) is 14.9. The van der Waals surface area contributed by atoms with E-state index in [-0.39, 0.29) is 6.04 Å². The van der Waals surface area contributed by atoms with Gasteiger partial charge in [0.25, 0.3) is 0 Å². The van der Waals surface area contributed by atoms with Crippen LogP contribution in [0.3, 0.4) is 0 Å². The molecule has 19 heavy (non-hydrogen) atoms. The molecule has 2 rings (SSSR count). The molecule has 0 aliphatic carbocycles. The maximum absolute atomic E-state index is 6.19. The topological polar surface area (TPSA) is 26.0 Å². The molecule has 2 N–H and O–H groups in total. The molecule has 1 unspecified atom stereocenters. The van der Waals surface area contributed by atoms with Crippen LogP contribution in [0.25, 0.3) is 0 Å². The van der Waals surface area contributed by atoms with Crippen LogP contribution in [0.4, 0.5) is 0 Å². The molecule has 0 radical (unpaired) electrons. The molecule has 0 bridgehead atoms. The van der Waals surface area contributed by atoms with Crippen LogP contribution in [0, 0.1) is 0 Å². The lowest BCUT2D eigenvalue weighted by Crippen LogP contribution is -2.25. The Balaban J connectivity index is 1.90. The van der Waals surface area contributed by atoms with E-state index in [4.69, 9.17) is 17.3 Å². The first-order valence-electron chi connectivity index (χ1n) is 6.03. The summed E-state index contributed by atoms with van der Waals surface area (Å²) in [6.07, 6.45) is 0.860. The molecule has 2 aromatic carbocycles. The lowest BCUT2D eigenvalue weighted by atomic mass is 10.1. The maximum Gasteiger partial charge on any atom is 0.0541 e. The van der Waals surface area contributed by atoms with Crippen LogP contribution in [0.2, 0.25) is 5.02 Å². The number of hydrogen-bond acceptors (Lipinski definition) is 2. The van der Waals surface area contributed by atoms with Gasteiger partial charge < -0.3 is 5.73 Å². The molecule has 0 fully saturated rings. The largest absolute Gasteiger partial charge is 0.327 e. The first-order chi connectivity index (χ1) is 9.16. The van der Waals surface area contributed by atoms with Crippen LogP contribution < -0.4 is 5.73 Å². The molecular weight excluding hydrogens is 342 g/mol. The molecule has 1 nitrogen and oxygen atoms in total. The zero-order valence-corrected chi connectivity index (χ0v) is 13.5. The van der Waals surface area contributed by atoms with Crippen molar-refractivity contribution >= 4 is 39.3 Å². The Morgan fingerprint density at radius 3 is 2.53 bits per heavy atom. The molecule has 0 spiro atoms. The molecule has 0 saturated heterocycles. The normalized spacial score (nSPS) is 12.4. The molecule has 0 saturated carbocycles. The van der Waals surface area contributed by atoms with Crippen LogP contribution >= 0.6 is 39.3 Å². The molecule has 2 aromatic rings. The zero-order chi connectivity index (χ0) is 13.7. The second kappa shape index (κ2) is 7.34. The van der Waals surface area contributed by atoms with E-state index in [0.717, 1.165) is 26.6 Å². The fourth-order valence-electron chi connectivity index (χ4n) is 1.76. The van der Waals surface area contributed by atoms with Gasteiger partial charge in [0, 0.05) is 21.2 Å². The molecule has 0 amide bonds. The Hall–Kier alpha value is -0.480. The quantitative estimate of drug-likeness (QED) is 0.781. The SMILES string of the molecule is NC(CSc1ccccc1Cl)Cc1ccccc1Br. The summed E-state index contributed by atoms with van der Waals surface area (Å²) in [7, 11) is 0. The van der Waals surface area contributed by atoms with Crippen molar-refractivity contribution in [2.75, 3.05) is 5.75 Å². The molecule has 4 heteroatoms. The van der Waals surface area contributed by atoms with Crippen molar-refractivity contribution in [1.82, 2.24) is 0 Å². The van der Waals surface area contributed by atoms with Crippen molar-refractivity contribution in [2.45, 2.75) is 17.4 Å². The van der Waals surface area contributed by atoms with Crippen molar-refractivity contribution in [3.05, 3.63) is 63.6 Å². The van der Waals surface area contributed by atoms with Crippen LogP contribution in [0.1, 0.15) is 5.56 Å². The molecule has 1 atom stereocenters. The summed E-state index contributed by atoms with van der Waals surface area (Å²) in [5.74, 6) is 0.852. The number of halogens is 2. The highest BCUT2D eigenvalue weighted by Crippen LogP contribution is 2.27. The van der Waals surface area contributed by atoms with Gasteiger partial charge in [-0.25, -0.2) is 0 Å². The minimum absolute atomic E-state index is 0.111. The Labute approximate surface area is 131 Å². The summed E-state index contributed by atoms with van der Waals surface area (Å²) in [6.45, 7) is 0. The predicted molar refractivity (Wildman–Crippen MR) is 88.0 cm³/mol. The summed E-state index contributed by atoms with van der Waals surface area (Å²) < 4.78 is 1.12. The van der Waals surface area contributed by atoms with Crippen molar-refractivity contribution in [3.63, 3.8) is 0 Å². The highest BCUT2D eigenvalue weighted by atomic mass is 79.9. The Bertz CT molecular complexity index is 547. The average molecular weight is 357 g/mol. The Morgan fingerprint density at radius 1 is 1.11 bits per heavy atom. The second-order valence-electron chi connectivity index (χ2n) is 4.30. The molecule has 0 aliphatic rings. The number of nitrogens with two attached hydrogens (primary N) is 1. The van der Waals surface area contributed by atoms with E-state index in [0.29, 0.717) is 0 Å². The van der Waals surface area contributed by atoms with Gasteiger partial charge in [-0.3, -0.25) is 0 Å². The summed E-state index contributed by atoms with van der Waals surface area (Å²) >= 11 is 11.4. The van der Waals surface area contributed by atoms with Crippen LogP contribution in [-0.2, 0) is 6.42 Å². The standard InChI is InChI=1S/C15H15BrClNS/c16-13-6-2-1-5-11(13)9-12(18)10-19-15-8-4-3-7-14(15)17/h1-8,12H,9-10,18H2. The zero-order valence-electron chi connectivity index (χ0n) is 10.4. The van der Waals surface area contributed by atoms with Crippen LogP contribution in [-0.4, -0.2) is 11.8 Å². The summed E-state index contributed by atoms with van der Waals surface area (Å²) in [6, 6.07) is 16.2. The van der Waals surface area contributed by atoms with Gasteiger partial charge in [-0.05, 0) is 30.2 Å². The van der Waals surface area contributed by atoms with Gasteiger partial charge in [0.1, 0.15) is 0 Å². The van der Waals surface area contributed by atoms with Gasteiger partial charge in [-0.2, -0.15) is 0 Å². The third-order valence-corrected chi connectivity index (χ3v) is 5.21. The second-order valence-corrected chi connectivity index (χ2v) is 6.62. The van der Waals surface area contributed by atoms with Gasteiger partial charge in [0.15, 0.2) is 0 Å². The van der Waals surface area contributed by atoms with E-state index in [2.05, 4.69) is 22.0 Å². The van der Waals surface area contributed by atoms with Gasteiger partial charge in [0.05, 0.1) is 5.02 Å². The number of thioether (sulfide) groups is 1. The van der Waals surface area contributed by atoms with Crippen molar-refractivity contribution in [2.24, 2.45) is 5.73 Å². The van der Waals surface area contributed by atoms with Crippen molar-refractivity contribution in [1.29, 1.82) is 0 Å². The number of rotatable bonds is 5. The van der Waals surface area contributed by atoms with Gasteiger partial charge >= 0.3 is 0 Å². The van der Waals surface area contributed by atoms with E-state index in [1.807, 2.05) is 42.5 Å². The molecule has 100 valence electrons. The number of benzene rings is 2. The maximum atomic E-state index is 6.19. The minimum Gasteiger partial charge on any atom is -0.327 e. The van der Waals surface area contributed by atoms with Gasteiger partial charge in [-0.15, -0.1) is 11.8 Å². The fraction of sp³-hybridized carbons (Fsp3) is 0.200. The lowest BCUT2D eigenvalue weighted by molar-refractivity contribution is 0.746. The summed E-state index contributed by atoms with van der Waals surface area (Å²) in [5.41, 5.74) is 7.43. The smallest absolute Gasteiger partial charge is 0.0541 e. The third-order valence-electron chi connectivity index (χ3n) is 2.73. The highest BCUT2D eigenvalue weighted by Gasteiger charge is 2.08. The number of hydrogen-bond donors (Lipinski definition) is 1. The third kappa shape index (κ3) is 4.53. The Morgan fingerprint density at radius 2 is 1.79 bits per heavy atom. The average Bonchev–Trinajstić information content (AvgIpc) is 2.40. The molecule has 0 aromatic heterocycles. The van der Waals surface area contributed by atoms with E-state index in [1.165, 1.54) is 5.56 Å². The summed E-state index contributed by atoms with van der Waals surface area (Å²) in [4.78, 5) is 1.09. The van der Waals surface area contributed by atoms with Crippen molar-refractivity contribution in [3.8, 4) is 0 Å². The fourth-order valence-corrected chi connectivity index (χ4v) is 3.40.